The van der Waals surface area contributed by atoms with Gasteiger partial charge in [0, 0.05) is 61.5 Å². The summed E-state index contributed by atoms with van der Waals surface area (Å²) in [6, 6.07) is 5.77. The minimum atomic E-state index is -0.840. The fraction of sp³-hybridized carbons (Fsp3) is 0.516. The number of amides is 2. The molecule has 4 heterocycles. The molecule has 2 amide bonds. The number of nitrogens with zero attached hydrogens (tertiary/aromatic N) is 6. The first kappa shape index (κ1) is 30.1. The average Bonchev–Trinajstić information content (AvgIpc) is 3.52. The highest BCUT2D eigenvalue weighted by Gasteiger charge is 2.36. The van der Waals surface area contributed by atoms with Gasteiger partial charge < -0.3 is 14.9 Å². The highest BCUT2D eigenvalue weighted by Crippen LogP contribution is 2.32. The first-order valence-electron chi connectivity index (χ1n) is 14.6. The first-order chi connectivity index (χ1) is 20.1. The molecule has 0 aliphatic carbocycles. The summed E-state index contributed by atoms with van der Waals surface area (Å²) in [6.07, 6.45) is 5.59. The van der Waals surface area contributed by atoms with Crippen LogP contribution in [-0.2, 0) is 9.59 Å². The van der Waals surface area contributed by atoms with E-state index in [0.717, 1.165) is 37.3 Å². The number of fused-ring (bicyclic) bond motifs is 1. The minimum absolute atomic E-state index is 0.0112. The molecule has 1 aromatic carbocycles. The first-order valence-corrected chi connectivity index (χ1v) is 15.0. The Morgan fingerprint density at radius 1 is 1.05 bits per heavy atom. The number of piperidine rings is 1. The Balaban J connectivity index is 1.19. The number of carbonyl (C=O) groups excluding carboxylic acids is 2. The molecule has 3 aliphatic heterocycles. The third kappa shape index (κ3) is 6.66. The van der Waals surface area contributed by atoms with Crippen molar-refractivity contribution in [3.05, 3.63) is 63.8 Å². The predicted molar refractivity (Wildman–Crippen MR) is 161 cm³/mol. The molecule has 3 aliphatic rings. The third-order valence-electron chi connectivity index (χ3n) is 8.73. The van der Waals surface area contributed by atoms with E-state index in [0.29, 0.717) is 66.9 Å². The van der Waals surface area contributed by atoms with Gasteiger partial charge >= 0.3 is 5.97 Å². The highest BCUT2D eigenvalue weighted by atomic mass is 35.5. The molecular weight excluding hydrogens is 556 g/mol. The number of aromatic nitrogens is 2. The van der Waals surface area contributed by atoms with E-state index in [2.05, 4.69) is 14.9 Å². The molecule has 2 fully saturated rings. The molecule has 0 radical (unpaired) electrons. The van der Waals surface area contributed by atoms with Crippen molar-refractivity contribution in [2.75, 3.05) is 57.3 Å². The summed E-state index contributed by atoms with van der Waals surface area (Å²) in [5, 5.41) is 9.74. The number of benzene rings is 1. The summed E-state index contributed by atoms with van der Waals surface area (Å²) in [5.74, 6) is -0.636. The predicted octanol–water partition coefficient (Wildman–Crippen LogP) is 3.55. The number of carboxylic acid groups (broad SMARTS) is 1. The van der Waals surface area contributed by atoms with Crippen LogP contribution in [0.25, 0.3) is 0 Å². The zero-order valence-corrected chi connectivity index (χ0v) is 25.3. The van der Waals surface area contributed by atoms with Crippen LogP contribution in [-0.4, -0.2) is 99.9 Å². The number of hydrogen-bond donors (Lipinski definition) is 1. The van der Waals surface area contributed by atoms with Crippen LogP contribution in [0.1, 0.15) is 46.6 Å². The van der Waals surface area contributed by atoms with E-state index in [1.165, 1.54) is 11.9 Å². The zero-order valence-electron chi connectivity index (χ0n) is 24.6. The Hall–Kier alpha value is -3.34. The quantitative estimate of drug-likeness (QED) is 0.469. The second-order valence-corrected chi connectivity index (χ2v) is 12.1. The summed E-state index contributed by atoms with van der Waals surface area (Å²) >= 11 is 6.45. The molecule has 1 atom stereocenters. The van der Waals surface area contributed by atoms with Crippen LogP contribution in [0.5, 0.6) is 0 Å². The molecule has 2 saturated heterocycles. The van der Waals surface area contributed by atoms with Gasteiger partial charge in [-0.05, 0) is 76.4 Å². The second kappa shape index (κ2) is 12.9. The van der Waals surface area contributed by atoms with E-state index >= 15 is 0 Å². The van der Waals surface area contributed by atoms with Crippen LogP contribution >= 0.6 is 11.6 Å². The molecule has 10 nitrogen and oxygen atoms in total. The molecule has 1 unspecified atom stereocenters. The van der Waals surface area contributed by atoms with E-state index in [1.807, 2.05) is 55.0 Å². The summed E-state index contributed by atoms with van der Waals surface area (Å²) < 4.78 is 0. The van der Waals surface area contributed by atoms with Crippen molar-refractivity contribution in [2.24, 2.45) is 11.8 Å². The number of aliphatic carboxylic acids is 1. The Morgan fingerprint density at radius 2 is 1.76 bits per heavy atom. The van der Waals surface area contributed by atoms with Crippen LogP contribution in [0.3, 0.4) is 0 Å². The molecule has 2 aromatic rings. The normalized spacial score (nSPS) is 19.6. The van der Waals surface area contributed by atoms with Crippen LogP contribution in [0.2, 0.25) is 5.02 Å². The van der Waals surface area contributed by atoms with Gasteiger partial charge in [0.1, 0.15) is 6.33 Å². The molecular formula is C31H39ClN6O4. The lowest BCUT2D eigenvalue weighted by atomic mass is 9.94. The molecule has 0 bridgehead atoms. The van der Waals surface area contributed by atoms with Crippen LogP contribution < -0.4 is 4.90 Å². The standard InChI is InChI=1S/C31H39ClN6O4/c1-20-5-6-26(13-27(20)32)38(30(41)23-7-11-35(12-8-23)18-28(39)40)10-4-9-36-14-24-16-37(17-25(24)15-36)31(42)29-21(2)33-19-34-22(29)3/h5-6,13,16,19,23,25H,4,7-12,14-15,17-18H2,1-3H3,(H,39,40). The largest absolute Gasteiger partial charge is 0.480 e. The molecule has 0 saturated carbocycles. The third-order valence-corrected chi connectivity index (χ3v) is 9.14. The van der Waals surface area contributed by atoms with E-state index in [4.69, 9.17) is 16.7 Å². The Labute approximate surface area is 252 Å². The lowest BCUT2D eigenvalue weighted by molar-refractivity contribution is -0.138. The van der Waals surface area contributed by atoms with Gasteiger partial charge in [0.05, 0.1) is 23.5 Å². The number of halogens is 1. The van der Waals surface area contributed by atoms with Crippen LogP contribution in [0.4, 0.5) is 5.69 Å². The SMILES string of the molecule is Cc1ccc(N(CCCN2CC3=CN(C(=O)c4c(C)ncnc4C)CC3C2)C(=O)C2CCN(CC(=O)O)CC2)cc1Cl. The molecule has 42 heavy (non-hydrogen) atoms. The Bertz CT molecular complexity index is 1370. The number of carbonyl (C=O) groups is 3. The molecule has 224 valence electrons. The van der Waals surface area contributed by atoms with Crippen molar-refractivity contribution >= 4 is 35.1 Å². The zero-order chi connectivity index (χ0) is 30.0. The van der Waals surface area contributed by atoms with Gasteiger partial charge in [0.25, 0.3) is 5.91 Å². The van der Waals surface area contributed by atoms with Gasteiger partial charge in [-0.25, -0.2) is 9.97 Å². The number of likely N-dealkylation sites (tertiary alicyclic amines) is 2. The average molecular weight is 595 g/mol. The number of aryl methyl sites for hydroxylation is 3. The number of carboxylic acids is 1. The maximum absolute atomic E-state index is 13.8. The summed E-state index contributed by atoms with van der Waals surface area (Å²) in [7, 11) is 0. The number of rotatable bonds is 9. The van der Waals surface area contributed by atoms with Gasteiger partial charge in [-0.2, -0.15) is 0 Å². The van der Waals surface area contributed by atoms with Gasteiger partial charge in [-0.1, -0.05) is 17.7 Å². The van der Waals surface area contributed by atoms with E-state index < -0.39 is 5.97 Å². The molecule has 0 spiro atoms. The number of hydrogen-bond acceptors (Lipinski definition) is 7. The highest BCUT2D eigenvalue weighted by molar-refractivity contribution is 6.31. The lowest BCUT2D eigenvalue weighted by Crippen LogP contribution is -2.44. The Morgan fingerprint density at radius 3 is 2.40 bits per heavy atom. The van der Waals surface area contributed by atoms with Gasteiger partial charge in [0.2, 0.25) is 5.91 Å². The van der Waals surface area contributed by atoms with Crippen molar-refractivity contribution in [1.82, 2.24) is 24.7 Å². The van der Waals surface area contributed by atoms with Gasteiger partial charge in [-0.3, -0.25) is 24.2 Å². The van der Waals surface area contributed by atoms with E-state index in [9.17, 15) is 14.4 Å². The lowest BCUT2D eigenvalue weighted by Gasteiger charge is -2.34. The topological polar surface area (TPSA) is 110 Å². The van der Waals surface area contributed by atoms with Crippen LogP contribution in [0.15, 0.2) is 36.3 Å². The van der Waals surface area contributed by atoms with E-state index in [1.54, 1.807) is 4.90 Å². The maximum Gasteiger partial charge on any atom is 0.317 e. The van der Waals surface area contributed by atoms with E-state index in [-0.39, 0.29) is 24.3 Å². The van der Waals surface area contributed by atoms with Gasteiger partial charge in [0.15, 0.2) is 0 Å². The molecule has 1 aromatic heterocycles. The molecule has 11 heteroatoms. The monoisotopic (exact) mass is 594 g/mol. The summed E-state index contributed by atoms with van der Waals surface area (Å²) in [5.41, 5.74) is 5.01. The van der Waals surface area contributed by atoms with Crippen molar-refractivity contribution in [3.8, 4) is 0 Å². The van der Waals surface area contributed by atoms with Crippen molar-refractivity contribution in [2.45, 2.75) is 40.0 Å². The molecule has 1 N–H and O–H groups in total. The molecule has 5 rings (SSSR count). The minimum Gasteiger partial charge on any atom is -0.480 e. The van der Waals surface area contributed by atoms with Crippen LogP contribution in [0, 0.1) is 32.6 Å². The summed E-state index contributed by atoms with van der Waals surface area (Å²) in [6.45, 7) is 10.6. The number of anilines is 1. The van der Waals surface area contributed by atoms with Gasteiger partial charge in [-0.15, -0.1) is 0 Å². The van der Waals surface area contributed by atoms with Crippen molar-refractivity contribution < 1.29 is 19.5 Å². The fourth-order valence-electron chi connectivity index (χ4n) is 6.37. The Kier molecular flexibility index (Phi) is 9.25. The maximum atomic E-state index is 13.8. The second-order valence-electron chi connectivity index (χ2n) is 11.7. The smallest absolute Gasteiger partial charge is 0.317 e. The van der Waals surface area contributed by atoms with Crippen molar-refractivity contribution in [1.29, 1.82) is 0 Å². The van der Waals surface area contributed by atoms with Crippen molar-refractivity contribution in [3.63, 3.8) is 0 Å². The fourth-order valence-corrected chi connectivity index (χ4v) is 6.54. The summed E-state index contributed by atoms with van der Waals surface area (Å²) in [4.78, 5) is 54.4.